The molecule has 148 valence electrons. The second-order valence-corrected chi connectivity index (χ2v) is 7.72. The summed E-state index contributed by atoms with van der Waals surface area (Å²) in [6, 6.07) is -0.112. The van der Waals surface area contributed by atoms with E-state index >= 15 is 0 Å². The molecular weight excluding hydrogens is 359 g/mol. The van der Waals surface area contributed by atoms with Crippen LogP contribution in [0.4, 0.5) is 13.2 Å². The third-order valence-corrected chi connectivity index (χ3v) is 5.90. The van der Waals surface area contributed by atoms with E-state index in [1.54, 1.807) is 7.05 Å². The quantitative estimate of drug-likeness (QED) is 0.499. The molecular formula is C14H28F3N5O2S. The summed E-state index contributed by atoms with van der Waals surface area (Å²) in [6.45, 7) is 7.32. The predicted octanol–water partition coefficient (Wildman–Crippen LogP) is 0.807. The summed E-state index contributed by atoms with van der Waals surface area (Å²) >= 11 is 0. The van der Waals surface area contributed by atoms with Gasteiger partial charge in [-0.15, -0.1) is 0 Å². The minimum absolute atomic E-state index is 0.112. The Kier molecular flexibility index (Phi) is 8.42. The van der Waals surface area contributed by atoms with Crippen molar-refractivity contribution in [2.45, 2.75) is 38.2 Å². The van der Waals surface area contributed by atoms with Crippen LogP contribution in [0.2, 0.25) is 0 Å². The number of likely N-dealkylation sites (N-methyl/N-ethyl adjacent to an activating group) is 1. The highest BCUT2D eigenvalue weighted by molar-refractivity contribution is 7.90. The first kappa shape index (κ1) is 22.0. The predicted molar refractivity (Wildman–Crippen MR) is 91.9 cm³/mol. The second-order valence-electron chi connectivity index (χ2n) is 5.79. The molecule has 25 heavy (non-hydrogen) atoms. The van der Waals surface area contributed by atoms with Crippen LogP contribution in [-0.2, 0) is 10.0 Å². The van der Waals surface area contributed by atoms with E-state index in [9.17, 15) is 21.6 Å². The Hall–Kier alpha value is -1.07. The number of rotatable bonds is 7. The molecule has 1 aliphatic rings. The van der Waals surface area contributed by atoms with Crippen LogP contribution in [0.15, 0.2) is 4.99 Å². The van der Waals surface area contributed by atoms with Crippen molar-refractivity contribution < 1.29 is 21.6 Å². The van der Waals surface area contributed by atoms with E-state index in [4.69, 9.17) is 0 Å². The number of sulfonamides is 1. The molecule has 2 N–H and O–H groups in total. The zero-order valence-corrected chi connectivity index (χ0v) is 15.8. The fourth-order valence-electron chi connectivity index (χ4n) is 2.65. The molecule has 0 unspecified atom stereocenters. The van der Waals surface area contributed by atoms with Gasteiger partial charge in [-0.25, -0.2) is 8.42 Å². The molecule has 7 nitrogen and oxygen atoms in total. The number of halogens is 3. The minimum atomic E-state index is -5.24. The number of nitrogens with one attached hydrogen (secondary N) is 2. The van der Waals surface area contributed by atoms with Crippen LogP contribution in [0.1, 0.15) is 26.7 Å². The lowest BCUT2D eigenvalue weighted by Crippen LogP contribution is -2.52. The fourth-order valence-corrected chi connectivity index (χ4v) is 3.63. The Morgan fingerprint density at radius 3 is 2.24 bits per heavy atom. The van der Waals surface area contributed by atoms with Gasteiger partial charge in [-0.3, -0.25) is 4.99 Å². The number of aliphatic imine (C=N–C) groups is 1. The van der Waals surface area contributed by atoms with Crippen LogP contribution in [0.25, 0.3) is 0 Å². The molecule has 0 radical (unpaired) electrons. The van der Waals surface area contributed by atoms with Crippen LogP contribution in [-0.4, -0.2) is 81.4 Å². The Morgan fingerprint density at radius 2 is 1.80 bits per heavy atom. The average molecular weight is 387 g/mol. The monoisotopic (exact) mass is 387 g/mol. The van der Waals surface area contributed by atoms with Gasteiger partial charge in [0.1, 0.15) is 0 Å². The maximum absolute atomic E-state index is 12.6. The van der Waals surface area contributed by atoms with Crippen molar-refractivity contribution in [3.63, 3.8) is 0 Å². The zero-order valence-electron chi connectivity index (χ0n) is 14.9. The lowest BCUT2D eigenvalue weighted by molar-refractivity contribution is -0.0494. The highest BCUT2D eigenvalue weighted by atomic mass is 32.2. The first-order chi connectivity index (χ1) is 11.7. The smallest absolute Gasteiger partial charge is 0.355 e. The molecule has 0 spiro atoms. The third-order valence-electron chi connectivity index (χ3n) is 4.27. The van der Waals surface area contributed by atoms with Gasteiger partial charge < -0.3 is 15.5 Å². The molecule has 1 rings (SSSR count). The maximum atomic E-state index is 12.6. The molecule has 11 heteroatoms. The summed E-state index contributed by atoms with van der Waals surface area (Å²) in [4.78, 5) is 6.35. The van der Waals surface area contributed by atoms with Crippen LogP contribution < -0.4 is 10.6 Å². The van der Waals surface area contributed by atoms with Gasteiger partial charge >= 0.3 is 15.5 Å². The van der Waals surface area contributed by atoms with Crippen molar-refractivity contribution in [1.29, 1.82) is 0 Å². The largest absolute Gasteiger partial charge is 0.511 e. The molecule has 0 aromatic rings. The van der Waals surface area contributed by atoms with Gasteiger partial charge in [0, 0.05) is 39.3 Å². The lowest BCUT2D eigenvalue weighted by Gasteiger charge is -2.32. The molecule has 0 saturated carbocycles. The number of piperidine rings is 1. The normalized spacial score (nSPS) is 18.6. The van der Waals surface area contributed by atoms with E-state index in [1.807, 2.05) is 0 Å². The molecule has 1 heterocycles. The highest BCUT2D eigenvalue weighted by Gasteiger charge is 2.50. The van der Waals surface area contributed by atoms with Crippen molar-refractivity contribution in [2.24, 2.45) is 4.99 Å². The first-order valence-electron chi connectivity index (χ1n) is 8.41. The number of guanidine groups is 1. The molecule has 1 saturated heterocycles. The molecule has 0 aromatic carbocycles. The maximum Gasteiger partial charge on any atom is 0.511 e. The standard InChI is InChI=1S/C14H28F3N5O2S/c1-4-21(5-2)11-8-19-13(18-3)20-12-6-9-22(10-7-12)25(23,24)14(15,16)17/h12H,4-11H2,1-3H3,(H2,18,19,20). The second kappa shape index (κ2) is 9.58. The summed E-state index contributed by atoms with van der Waals surface area (Å²) in [6.07, 6.45) is 0.595. The fraction of sp³-hybridized carbons (Fsp3) is 0.929. The first-order valence-corrected chi connectivity index (χ1v) is 9.85. The van der Waals surface area contributed by atoms with Crippen molar-refractivity contribution in [2.75, 3.05) is 46.3 Å². The molecule has 0 aliphatic carbocycles. The summed E-state index contributed by atoms with van der Waals surface area (Å²) in [7, 11) is -3.61. The molecule has 1 fully saturated rings. The van der Waals surface area contributed by atoms with Crippen molar-refractivity contribution in [3.8, 4) is 0 Å². The van der Waals surface area contributed by atoms with E-state index in [0.29, 0.717) is 29.7 Å². The molecule has 1 aliphatic heterocycles. The van der Waals surface area contributed by atoms with Gasteiger partial charge in [0.05, 0.1) is 0 Å². The number of nitrogens with zero attached hydrogens (tertiary/aromatic N) is 3. The van der Waals surface area contributed by atoms with E-state index in [0.717, 1.165) is 19.6 Å². The van der Waals surface area contributed by atoms with Crippen molar-refractivity contribution in [3.05, 3.63) is 0 Å². The summed E-state index contributed by atoms with van der Waals surface area (Å²) in [5.41, 5.74) is -5.24. The third kappa shape index (κ3) is 6.30. The Morgan fingerprint density at radius 1 is 1.24 bits per heavy atom. The van der Waals surface area contributed by atoms with E-state index in [1.165, 1.54) is 0 Å². The highest BCUT2D eigenvalue weighted by Crippen LogP contribution is 2.28. The topological polar surface area (TPSA) is 77.0 Å². The number of alkyl halides is 3. The number of hydrogen-bond donors (Lipinski definition) is 2. The van der Waals surface area contributed by atoms with Gasteiger partial charge in [-0.2, -0.15) is 17.5 Å². The van der Waals surface area contributed by atoms with Crippen LogP contribution in [0, 0.1) is 0 Å². The Bertz CT molecular complexity index is 527. The van der Waals surface area contributed by atoms with Crippen molar-refractivity contribution >= 4 is 16.0 Å². The number of hydrogen-bond acceptors (Lipinski definition) is 4. The molecule has 0 aromatic heterocycles. The van der Waals surface area contributed by atoms with E-state index in [-0.39, 0.29) is 19.1 Å². The molecule has 0 amide bonds. The van der Waals surface area contributed by atoms with Crippen LogP contribution in [0.3, 0.4) is 0 Å². The van der Waals surface area contributed by atoms with Crippen LogP contribution in [0.5, 0.6) is 0 Å². The average Bonchev–Trinajstić information content (AvgIpc) is 2.57. The summed E-state index contributed by atoms with van der Waals surface area (Å²) < 4.78 is 61.0. The summed E-state index contributed by atoms with van der Waals surface area (Å²) in [5, 5.41) is 6.31. The van der Waals surface area contributed by atoms with Gasteiger partial charge in [-0.05, 0) is 25.9 Å². The molecule has 0 atom stereocenters. The zero-order chi connectivity index (χ0) is 19.1. The van der Waals surface area contributed by atoms with E-state index in [2.05, 4.69) is 34.4 Å². The SMILES string of the molecule is CCN(CC)CCNC(=NC)NC1CCN(S(=O)(=O)C(F)(F)F)CC1. The van der Waals surface area contributed by atoms with Gasteiger partial charge in [0.15, 0.2) is 5.96 Å². The van der Waals surface area contributed by atoms with Gasteiger partial charge in [0.25, 0.3) is 0 Å². The molecule has 0 bridgehead atoms. The Labute approximate surface area is 147 Å². The van der Waals surface area contributed by atoms with Crippen molar-refractivity contribution in [1.82, 2.24) is 19.8 Å². The van der Waals surface area contributed by atoms with Gasteiger partial charge in [-0.1, -0.05) is 13.8 Å². The minimum Gasteiger partial charge on any atom is -0.355 e. The van der Waals surface area contributed by atoms with E-state index < -0.39 is 15.5 Å². The van der Waals surface area contributed by atoms with Crippen LogP contribution >= 0.6 is 0 Å². The summed E-state index contributed by atoms with van der Waals surface area (Å²) in [5.74, 6) is 0.573. The lowest BCUT2D eigenvalue weighted by atomic mass is 10.1. The van der Waals surface area contributed by atoms with Gasteiger partial charge in [0.2, 0.25) is 0 Å². The Balaban J connectivity index is 2.44.